The molecule has 1 aromatic rings. The van der Waals surface area contributed by atoms with Crippen LogP contribution in [0.1, 0.15) is 20.9 Å². The molecule has 2 aliphatic rings. The Kier molecular flexibility index (Phi) is 3.22. The quantitative estimate of drug-likeness (QED) is 0.544. The lowest BCUT2D eigenvalue weighted by atomic mass is 10.2. The first kappa shape index (κ1) is 12.2. The second-order valence-electron chi connectivity index (χ2n) is 4.27. The Hall–Kier alpha value is -1.86. The van der Waals surface area contributed by atoms with Crippen LogP contribution in [0.2, 0.25) is 0 Å². The van der Waals surface area contributed by atoms with Crippen LogP contribution in [0.25, 0.3) is 0 Å². The van der Waals surface area contributed by atoms with Crippen molar-refractivity contribution >= 4 is 11.9 Å². The van der Waals surface area contributed by atoms with Gasteiger partial charge in [-0.15, -0.1) is 0 Å². The summed E-state index contributed by atoms with van der Waals surface area (Å²) in [6.45, 7) is 1.51. The molecule has 2 unspecified atom stereocenters. The lowest BCUT2D eigenvalue weighted by Gasteiger charge is -2.03. The molecule has 0 bridgehead atoms. The van der Waals surface area contributed by atoms with E-state index in [-0.39, 0.29) is 36.7 Å². The third-order valence-electron chi connectivity index (χ3n) is 2.68. The molecular weight excluding hydrogens is 256 g/mol. The van der Waals surface area contributed by atoms with Gasteiger partial charge in [0.25, 0.3) is 0 Å². The Labute approximate surface area is 108 Å². The Balaban J connectivity index is 1.58. The molecule has 102 valence electrons. The SMILES string of the molecule is O=C(OCC1CO1)c1ccoc1C(=O)OCC1CO1. The first-order chi connectivity index (χ1) is 9.24. The third kappa shape index (κ3) is 3.12. The van der Waals surface area contributed by atoms with E-state index in [0.29, 0.717) is 13.2 Å². The van der Waals surface area contributed by atoms with E-state index in [0.717, 1.165) is 0 Å². The number of carbonyl (C=O) groups is 2. The Bertz CT molecular complexity index is 442. The second-order valence-corrected chi connectivity index (χ2v) is 4.27. The summed E-state index contributed by atoms with van der Waals surface area (Å²) in [4.78, 5) is 23.5. The molecule has 3 rings (SSSR count). The normalized spacial score (nSPS) is 23.8. The van der Waals surface area contributed by atoms with Crippen LogP contribution in [-0.2, 0) is 18.9 Å². The van der Waals surface area contributed by atoms with Gasteiger partial charge in [-0.3, -0.25) is 0 Å². The molecule has 2 aliphatic heterocycles. The molecule has 0 spiro atoms. The smallest absolute Gasteiger partial charge is 0.375 e. The van der Waals surface area contributed by atoms with Gasteiger partial charge in [0.1, 0.15) is 31.0 Å². The van der Waals surface area contributed by atoms with Crippen LogP contribution < -0.4 is 0 Å². The number of hydrogen-bond donors (Lipinski definition) is 0. The summed E-state index contributed by atoms with van der Waals surface area (Å²) < 4.78 is 24.7. The summed E-state index contributed by atoms with van der Waals surface area (Å²) in [7, 11) is 0. The van der Waals surface area contributed by atoms with E-state index >= 15 is 0 Å². The molecule has 2 fully saturated rings. The molecular formula is C12H12O7. The van der Waals surface area contributed by atoms with Gasteiger partial charge in [-0.2, -0.15) is 0 Å². The van der Waals surface area contributed by atoms with Gasteiger partial charge in [0.05, 0.1) is 19.5 Å². The van der Waals surface area contributed by atoms with Crippen molar-refractivity contribution in [2.45, 2.75) is 12.2 Å². The van der Waals surface area contributed by atoms with Crippen molar-refractivity contribution < 1.29 is 33.0 Å². The zero-order valence-electron chi connectivity index (χ0n) is 10.00. The van der Waals surface area contributed by atoms with Gasteiger partial charge in [0.15, 0.2) is 0 Å². The molecule has 0 amide bonds. The number of rotatable bonds is 6. The Morgan fingerprint density at radius 2 is 1.68 bits per heavy atom. The Morgan fingerprint density at radius 3 is 2.26 bits per heavy atom. The fourth-order valence-electron chi connectivity index (χ4n) is 1.44. The molecule has 7 nitrogen and oxygen atoms in total. The van der Waals surface area contributed by atoms with E-state index in [1.54, 1.807) is 0 Å². The molecule has 0 aromatic carbocycles. The third-order valence-corrected chi connectivity index (χ3v) is 2.68. The number of furan rings is 1. The van der Waals surface area contributed by atoms with Crippen molar-refractivity contribution in [3.8, 4) is 0 Å². The molecule has 7 heteroatoms. The number of ether oxygens (including phenoxy) is 4. The fourth-order valence-corrected chi connectivity index (χ4v) is 1.44. The highest BCUT2D eigenvalue weighted by molar-refractivity contribution is 6.01. The minimum atomic E-state index is -0.699. The van der Waals surface area contributed by atoms with Crippen LogP contribution in [-0.4, -0.2) is 50.6 Å². The average molecular weight is 268 g/mol. The fraction of sp³-hybridized carbons (Fsp3) is 0.500. The second kappa shape index (κ2) is 5.02. The summed E-state index contributed by atoms with van der Waals surface area (Å²) in [5, 5.41) is 0. The van der Waals surface area contributed by atoms with E-state index in [2.05, 4.69) is 0 Å². The van der Waals surface area contributed by atoms with Gasteiger partial charge in [-0.05, 0) is 6.07 Å². The van der Waals surface area contributed by atoms with Gasteiger partial charge < -0.3 is 23.4 Å². The van der Waals surface area contributed by atoms with Crippen molar-refractivity contribution in [1.29, 1.82) is 0 Å². The first-order valence-corrected chi connectivity index (χ1v) is 5.89. The monoisotopic (exact) mass is 268 g/mol. The highest BCUT2D eigenvalue weighted by Gasteiger charge is 2.29. The van der Waals surface area contributed by atoms with Gasteiger partial charge in [-0.25, -0.2) is 9.59 Å². The highest BCUT2D eigenvalue weighted by Crippen LogP contribution is 2.17. The van der Waals surface area contributed by atoms with Crippen LogP contribution in [0, 0.1) is 0 Å². The molecule has 0 radical (unpaired) electrons. The molecule has 2 atom stereocenters. The Morgan fingerprint density at radius 1 is 1.11 bits per heavy atom. The van der Waals surface area contributed by atoms with Gasteiger partial charge in [0, 0.05) is 0 Å². The zero-order valence-corrected chi connectivity index (χ0v) is 10.00. The first-order valence-electron chi connectivity index (χ1n) is 5.89. The van der Waals surface area contributed by atoms with Crippen molar-refractivity contribution in [2.75, 3.05) is 26.4 Å². The summed E-state index contributed by atoms with van der Waals surface area (Å²) in [6, 6.07) is 1.38. The minimum Gasteiger partial charge on any atom is -0.459 e. The van der Waals surface area contributed by atoms with Crippen molar-refractivity contribution in [3.63, 3.8) is 0 Å². The van der Waals surface area contributed by atoms with E-state index in [9.17, 15) is 9.59 Å². The predicted octanol–water partition coefficient (Wildman–Crippen LogP) is 0.391. The summed E-state index contributed by atoms with van der Waals surface area (Å²) >= 11 is 0. The van der Waals surface area contributed by atoms with Gasteiger partial charge in [-0.1, -0.05) is 0 Å². The summed E-state index contributed by atoms with van der Waals surface area (Å²) in [6.07, 6.45) is 1.17. The minimum absolute atomic E-state index is 0.0294. The summed E-state index contributed by atoms with van der Waals surface area (Å²) in [5.74, 6) is -1.48. The van der Waals surface area contributed by atoms with Crippen LogP contribution in [0.5, 0.6) is 0 Å². The van der Waals surface area contributed by atoms with Gasteiger partial charge >= 0.3 is 11.9 Å². The molecule has 3 heterocycles. The molecule has 19 heavy (non-hydrogen) atoms. The topological polar surface area (TPSA) is 90.8 Å². The van der Waals surface area contributed by atoms with Gasteiger partial charge in [0.2, 0.25) is 5.76 Å². The standard InChI is InChI=1S/C12H12O7/c13-11(18-5-7-3-16-7)9-1-2-15-10(9)12(14)19-6-8-4-17-8/h1-2,7-8H,3-6H2. The maximum Gasteiger partial charge on any atom is 0.375 e. The van der Waals surface area contributed by atoms with Crippen LogP contribution in [0.3, 0.4) is 0 Å². The summed E-state index contributed by atoms with van der Waals surface area (Å²) in [5.41, 5.74) is 0.0577. The number of carbonyl (C=O) groups excluding carboxylic acids is 2. The van der Waals surface area contributed by atoms with Crippen molar-refractivity contribution in [1.82, 2.24) is 0 Å². The highest BCUT2D eigenvalue weighted by atomic mass is 16.6. The molecule has 1 aromatic heterocycles. The number of esters is 2. The lowest BCUT2D eigenvalue weighted by Crippen LogP contribution is -2.15. The number of epoxide rings is 2. The van der Waals surface area contributed by atoms with E-state index in [1.807, 2.05) is 0 Å². The average Bonchev–Trinajstić information content (AvgIpc) is 3.32. The molecule has 0 saturated carbocycles. The van der Waals surface area contributed by atoms with Crippen molar-refractivity contribution in [2.24, 2.45) is 0 Å². The number of hydrogen-bond acceptors (Lipinski definition) is 7. The maximum atomic E-state index is 11.7. The van der Waals surface area contributed by atoms with Crippen LogP contribution in [0.4, 0.5) is 0 Å². The van der Waals surface area contributed by atoms with E-state index in [1.165, 1.54) is 12.3 Å². The predicted molar refractivity (Wildman–Crippen MR) is 58.8 cm³/mol. The molecule has 2 saturated heterocycles. The zero-order chi connectivity index (χ0) is 13.2. The van der Waals surface area contributed by atoms with E-state index < -0.39 is 11.9 Å². The van der Waals surface area contributed by atoms with Crippen molar-refractivity contribution in [3.05, 3.63) is 23.7 Å². The van der Waals surface area contributed by atoms with Crippen LogP contribution in [0.15, 0.2) is 16.7 Å². The molecule has 0 N–H and O–H groups in total. The molecule has 0 aliphatic carbocycles. The van der Waals surface area contributed by atoms with Crippen LogP contribution >= 0.6 is 0 Å². The van der Waals surface area contributed by atoms with E-state index in [4.69, 9.17) is 23.4 Å². The maximum absolute atomic E-state index is 11.7. The largest absolute Gasteiger partial charge is 0.459 e. The lowest BCUT2D eigenvalue weighted by molar-refractivity contribution is 0.0404.